The maximum Gasteiger partial charge on any atom is 0.265 e. The van der Waals surface area contributed by atoms with Crippen LogP contribution in [0.4, 0.5) is 0 Å². The molecule has 1 aliphatic rings. The maximum absolute atomic E-state index is 12.7. The van der Waals surface area contributed by atoms with Gasteiger partial charge in [0.2, 0.25) is 5.91 Å². The Morgan fingerprint density at radius 3 is 2.26 bits per heavy atom. The zero-order valence-electron chi connectivity index (χ0n) is 12.2. The van der Waals surface area contributed by atoms with E-state index in [0.717, 1.165) is 4.70 Å². The predicted molar refractivity (Wildman–Crippen MR) is 95.0 cm³/mol. The average molecular weight is 392 g/mol. The minimum atomic E-state index is -0.133. The third-order valence-corrected chi connectivity index (χ3v) is 5.99. The highest BCUT2D eigenvalue weighted by molar-refractivity contribution is 7.21. The number of hydrogen-bond acceptors (Lipinski definition) is 3. The van der Waals surface area contributed by atoms with E-state index in [1.165, 1.54) is 18.3 Å². The van der Waals surface area contributed by atoms with Crippen molar-refractivity contribution in [3.63, 3.8) is 0 Å². The lowest BCUT2D eigenvalue weighted by atomic mass is 10.2. The highest BCUT2D eigenvalue weighted by atomic mass is 35.5. The Bertz CT molecular complexity index is 798. The van der Waals surface area contributed by atoms with Gasteiger partial charge in [-0.25, -0.2) is 0 Å². The molecule has 0 spiro atoms. The summed E-state index contributed by atoms with van der Waals surface area (Å²) in [6.07, 6.45) is 0. The van der Waals surface area contributed by atoms with Crippen LogP contribution in [-0.4, -0.2) is 47.8 Å². The normalized spacial score (nSPS) is 15.3. The SMILES string of the molecule is CC(=O)N1CCN(C(=O)c2sc3cc(Cl)cc(Cl)c3c2Cl)CC1. The molecule has 0 unspecified atom stereocenters. The van der Waals surface area contributed by atoms with Gasteiger partial charge in [-0.1, -0.05) is 34.8 Å². The van der Waals surface area contributed by atoms with Crippen LogP contribution in [0.5, 0.6) is 0 Å². The molecule has 1 aromatic heterocycles. The van der Waals surface area contributed by atoms with Crippen molar-refractivity contribution in [3.05, 3.63) is 32.1 Å². The fraction of sp³-hybridized carbons (Fsp3) is 0.333. The van der Waals surface area contributed by atoms with E-state index in [9.17, 15) is 9.59 Å². The first-order valence-electron chi connectivity index (χ1n) is 7.00. The van der Waals surface area contributed by atoms with Crippen molar-refractivity contribution in [2.45, 2.75) is 6.92 Å². The molecular weight excluding hydrogens is 379 g/mol. The number of benzene rings is 1. The topological polar surface area (TPSA) is 40.6 Å². The Morgan fingerprint density at radius 1 is 1.04 bits per heavy atom. The molecule has 3 rings (SSSR count). The van der Waals surface area contributed by atoms with E-state index in [-0.39, 0.29) is 11.8 Å². The number of thiophene rings is 1. The van der Waals surface area contributed by atoms with Crippen LogP contribution in [0.15, 0.2) is 12.1 Å². The third-order valence-electron chi connectivity index (χ3n) is 3.86. The van der Waals surface area contributed by atoms with Crippen molar-refractivity contribution in [3.8, 4) is 0 Å². The highest BCUT2D eigenvalue weighted by Crippen LogP contribution is 2.41. The number of halogens is 3. The largest absolute Gasteiger partial charge is 0.339 e. The van der Waals surface area contributed by atoms with Gasteiger partial charge in [-0.3, -0.25) is 9.59 Å². The number of carbonyl (C=O) groups is 2. The van der Waals surface area contributed by atoms with Crippen LogP contribution in [0.1, 0.15) is 16.6 Å². The van der Waals surface area contributed by atoms with E-state index in [1.807, 2.05) is 0 Å². The van der Waals surface area contributed by atoms with Gasteiger partial charge in [0.15, 0.2) is 0 Å². The van der Waals surface area contributed by atoms with Crippen molar-refractivity contribution in [2.24, 2.45) is 0 Å². The van der Waals surface area contributed by atoms with Crippen LogP contribution < -0.4 is 0 Å². The fourth-order valence-corrected chi connectivity index (χ4v) is 4.96. The number of rotatable bonds is 1. The second-order valence-electron chi connectivity index (χ2n) is 5.30. The Morgan fingerprint density at radius 2 is 1.65 bits per heavy atom. The molecular formula is C15H13Cl3N2O2S. The molecule has 1 aromatic carbocycles. The molecule has 1 fully saturated rings. The number of fused-ring (bicyclic) bond motifs is 1. The molecule has 23 heavy (non-hydrogen) atoms. The molecule has 0 atom stereocenters. The van der Waals surface area contributed by atoms with E-state index >= 15 is 0 Å². The highest BCUT2D eigenvalue weighted by Gasteiger charge is 2.27. The van der Waals surface area contributed by atoms with Gasteiger partial charge < -0.3 is 9.80 Å². The molecule has 2 aromatic rings. The standard InChI is InChI=1S/C15H13Cl3N2O2S/c1-8(21)19-2-4-20(5-3-19)15(22)14-13(18)12-10(17)6-9(16)7-11(12)23-14/h6-7H,2-5H2,1H3. The quantitative estimate of drug-likeness (QED) is 0.732. The van der Waals surface area contributed by atoms with Gasteiger partial charge in [0.1, 0.15) is 4.88 Å². The molecule has 1 saturated heterocycles. The second-order valence-corrected chi connectivity index (χ2v) is 7.58. The fourth-order valence-electron chi connectivity index (χ4n) is 2.62. The molecule has 0 bridgehead atoms. The first-order valence-corrected chi connectivity index (χ1v) is 8.95. The van der Waals surface area contributed by atoms with E-state index in [2.05, 4.69) is 0 Å². The van der Waals surface area contributed by atoms with E-state index in [4.69, 9.17) is 34.8 Å². The number of carbonyl (C=O) groups excluding carboxylic acids is 2. The maximum atomic E-state index is 12.7. The molecule has 8 heteroatoms. The van der Waals surface area contributed by atoms with Crippen LogP contribution in [0.25, 0.3) is 10.1 Å². The van der Waals surface area contributed by atoms with Gasteiger partial charge in [-0.2, -0.15) is 0 Å². The zero-order valence-corrected chi connectivity index (χ0v) is 15.3. The third kappa shape index (κ3) is 3.15. The zero-order chi connectivity index (χ0) is 16.7. The molecule has 0 saturated carbocycles. The Balaban J connectivity index is 1.89. The van der Waals surface area contributed by atoms with Crippen LogP contribution in [0.2, 0.25) is 15.1 Å². The van der Waals surface area contributed by atoms with Crippen molar-refractivity contribution in [1.82, 2.24) is 9.80 Å². The Labute approximate surface area is 152 Å². The van der Waals surface area contributed by atoms with Crippen LogP contribution in [0.3, 0.4) is 0 Å². The smallest absolute Gasteiger partial charge is 0.265 e. The summed E-state index contributed by atoms with van der Waals surface area (Å²) in [7, 11) is 0. The molecule has 1 aliphatic heterocycles. The summed E-state index contributed by atoms with van der Waals surface area (Å²) in [5, 5.41) is 1.97. The van der Waals surface area contributed by atoms with E-state index in [0.29, 0.717) is 51.5 Å². The van der Waals surface area contributed by atoms with Gasteiger partial charge in [0.05, 0.1) is 10.0 Å². The van der Waals surface area contributed by atoms with Gasteiger partial charge in [-0.15, -0.1) is 11.3 Å². The monoisotopic (exact) mass is 390 g/mol. The minimum absolute atomic E-state index is 0.0263. The summed E-state index contributed by atoms with van der Waals surface area (Å²) in [6.45, 7) is 3.60. The van der Waals surface area contributed by atoms with Crippen molar-refractivity contribution < 1.29 is 9.59 Å². The molecule has 0 aliphatic carbocycles. The number of hydrogen-bond donors (Lipinski definition) is 0. The van der Waals surface area contributed by atoms with Crippen LogP contribution in [-0.2, 0) is 4.79 Å². The number of amides is 2. The molecule has 4 nitrogen and oxygen atoms in total. The summed E-state index contributed by atoms with van der Waals surface area (Å²) in [6, 6.07) is 3.37. The van der Waals surface area contributed by atoms with Gasteiger partial charge in [0, 0.05) is 48.2 Å². The van der Waals surface area contributed by atoms with Crippen molar-refractivity contribution in [2.75, 3.05) is 26.2 Å². The van der Waals surface area contributed by atoms with Gasteiger partial charge in [0.25, 0.3) is 5.91 Å². The summed E-state index contributed by atoms with van der Waals surface area (Å²) in [4.78, 5) is 28.0. The van der Waals surface area contributed by atoms with Gasteiger partial charge >= 0.3 is 0 Å². The predicted octanol–water partition coefficient (Wildman–Crippen LogP) is 4.17. The first kappa shape index (κ1) is 16.8. The molecule has 0 radical (unpaired) electrons. The van der Waals surface area contributed by atoms with Crippen LogP contribution in [0, 0.1) is 0 Å². The number of nitrogens with zero attached hydrogens (tertiary/aromatic N) is 2. The molecule has 2 amide bonds. The summed E-state index contributed by atoms with van der Waals surface area (Å²) in [5.41, 5.74) is 0. The molecule has 122 valence electrons. The minimum Gasteiger partial charge on any atom is -0.339 e. The lowest BCUT2D eigenvalue weighted by Gasteiger charge is -2.34. The van der Waals surface area contributed by atoms with Crippen LogP contribution >= 0.6 is 46.1 Å². The summed E-state index contributed by atoms with van der Waals surface area (Å²) >= 11 is 19.9. The second kappa shape index (κ2) is 6.48. The lowest BCUT2D eigenvalue weighted by molar-refractivity contribution is -0.130. The lowest BCUT2D eigenvalue weighted by Crippen LogP contribution is -2.49. The van der Waals surface area contributed by atoms with Crippen molar-refractivity contribution >= 4 is 68.0 Å². The van der Waals surface area contributed by atoms with E-state index in [1.54, 1.807) is 21.9 Å². The Hall–Kier alpha value is -1.01. The van der Waals surface area contributed by atoms with Gasteiger partial charge in [-0.05, 0) is 12.1 Å². The molecule has 0 N–H and O–H groups in total. The number of piperazine rings is 1. The average Bonchev–Trinajstić information content (AvgIpc) is 2.83. The summed E-state index contributed by atoms with van der Waals surface area (Å²) in [5.74, 6) is -0.106. The Kier molecular flexibility index (Phi) is 4.74. The molecule has 2 heterocycles. The first-order chi connectivity index (χ1) is 10.9. The van der Waals surface area contributed by atoms with Crippen molar-refractivity contribution in [1.29, 1.82) is 0 Å². The summed E-state index contributed by atoms with van der Waals surface area (Å²) < 4.78 is 0.790. The van der Waals surface area contributed by atoms with E-state index < -0.39 is 0 Å².